The van der Waals surface area contributed by atoms with Crippen LogP contribution in [0, 0.1) is 0 Å². The Hall–Kier alpha value is -2.25. The molecule has 0 saturated heterocycles. The number of aromatic nitrogens is 1. The lowest BCUT2D eigenvalue weighted by molar-refractivity contribution is 0.257. The molecule has 7 heteroatoms. The average Bonchev–Trinajstić information content (AvgIpc) is 2.98. The number of primary amides is 1. The molecule has 22 heavy (non-hydrogen) atoms. The van der Waals surface area contributed by atoms with Gasteiger partial charge in [-0.3, -0.25) is 0 Å². The van der Waals surface area contributed by atoms with E-state index >= 15 is 0 Å². The molecule has 3 rings (SSSR count). The number of thiol groups is 1. The zero-order valence-electron chi connectivity index (χ0n) is 11.7. The van der Waals surface area contributed by atoms with E-state index in [2.05, 4.69) is 17.8 Å². The van der Waals surface area contributed by atoms with E-state index in [1.807, 2.05) is 42.5 Å². The number of hydrogen-bond donors (Lipinski definition) is 2. The van der Waals surface area contributed by atoms with Crippen molar-refractivity contribution in [3.63, 3.8) is 0 Å². The van der Waals surface area contributed by atoms with Crippen molar-refractivity contribution in [1.29, 1.82) is 0 Å². The van der Waals surface area contributed by atoms with Gasteiger partial charge in [-0.05, 0) is 17.7 Å². The van der Waals surface area contributed by atoms with Gasteiger partial charge in [-0.15, -0.1) is 0 Å². The summed E-state index contributed by atoms with van der Waals surface area (Å²) in [6.07, 6.45) is 0. The molecule has 0 bridgehead atoms. The van der Waals surface area contributed by atoms with Crippen LogP contribution in [0.25, 0.3) is 21.3 Å². The van der Waals surface area contributed by atoms with Crippen molar-refractivity contribution in [2.75, 3.05) is 11.4 Å². The van der Waals surface area contributed by atoms with E-state index in [4.69, 9.17) is 10.5 Å². The number of anilines is 1. The van der Waals surface area contributed by atoms with Gasteiger partial charge in [-0.25, -0.2) is 14.1 Å². The fourth-order valence-electron chi connectivity index (χ4n) is 2.17. The molecule has 0 saturated carbocycles. The Balaban J connectivity index is 2.25. The molecular formula is C15H13N3O2S2. The van der Waals surface area contributed by atoms with Crippen molar-refractivity contribution >= 4 is 45.5 Å². The van der Waals surface area contributed by atoms with Gasteiger partial charge in [-0.1, -0.05) is 54.5 Å². The number of benzene rings is 2. The second-order valence-electron chi connectivity index (χ2n) is 4.51. The average molecular weight is 331 g/mol. The quantitative estimate of drug-likeness (QED) is 0.719. The van der Waals surface area contributed by atoms with Gasteiger partial charge in [0.1, 0.15) is 11.3 Å². The van der Waals surface area contributed by atoms with Gasteiger partial charge in [0.2, 0.25) is 5.13 Å². The number of rotatable bonds is 3. The summed E-state index contributed by atoms with van der Waals surface area (Å²) in [6, 6.07) is 13.1. The number of thiazole rings is 1. The van der Waals surface area contributed by atoms with Crippen molar-refractivity contribution < 1.29 is 9.53 Å². The van der Waals surface area contributed by atoms with Crippen molar-refractivity contribution in [1.82, 2.24) is 4.98 Å². The fourth-order valence-corrected chi connectivity index (χ4v) is 3.37. The maximum atomic E-state index is 11.3. The molecule has 5 nitrogen and oxygen atoms in total. The molecule has 0 radical (unpaired) electrons. The summed E-state index contributed by atoms with van der Waals surface area (Å²) in [5.74, 6) is 0.642. The van der Waals surface area contributed by atoms with Gasteiger partial charge in [-0.2, -0.15) is 0 Å². The number of ether oxygens (including phenoxy) is 1. The molecule has 0 spiro atoms. The van der Waals surface area contributed by atoms with Gasteiger partial charge in [0.05, 0.1) is 11.8 Å². The second kappa shape index (κ2) is 5.86. The highest BCUT2D eigenvalue weighted by atomic mass is 32.1. The summed E-state index contributed by atoms with van der Waals surface area (Å²) in [5, 5.41) is 0.410. The smallest absolute Gasteiger partial charge is 0.331 e. The van der Waals surface area contributed by atoms with Crippen LogP contribution in [0.5, 0.6) is 5.75 Å². The summed E-state index contributed by atoms with van der Waals surface area (Å²) in [7, 11) is 1.59. The van der Waals surface area contributed by atoms with Crippen molar-refractivity contribution in [3.05, 3.63) is 42.5 Å². The summed E-state index contributed by atoms with van der Waals surface area (Å²) < 4.78 is 7.30. The third-order valence-electron chi connectivity index (χ3n) is 3.19. The highest BCUT2D eigenvalue weighted by Gasteiger charge is 2.18. The number of urea groups is 1. The van der Waals surface area contributed by atoms with Gasteiger partial charge in [0.15, 0.2) is 0 Å². The first kappa shape index (κ1) is 14.7. The van der Waals surface area contributed by atoms with Crippen molar-refractivity contribution in [2.45, 2.75) is 0 Å². The summed E-state index contributed by atoms with van der Waals surface area (Å²) >= 11 is 5.42. The third kappa shape index (κ3) is 2.49. The van der Waals surface area contributed by atoms with Crippen LogP contribution < -0.4 is 14.8 Å². The lowest BCUT2D eigenvalue weighted by Gasteiger charge is -2.06. The highest BCUT2D eigenvalue weighted by molar-refractivity contribution is 7.83. The second-order valence-corrected chi connectivity index (χ2v) is 5.88. The van der Waals surface area contributed by atoms with Gasteiger partial charge in [0.25, 0.3) is 0 Å². The first-order chi connectivity index (χ1) is 10.6. The molecule has 0 atom stereocenters. The van der Waals surface area contributed by atoms with E-state index in [-0.39, 0.29) is 0 Å². The molecule has 1 heterocycles. The minimum atomic E-state index is -0.678. The Labute approximate surface area is 136 Å². The largest absolute Gasteiger partial charge is 0.494 e. The summed E-state index contributed by atoms with van der Waals surface area (Å²) in [5.41, 5.74) is 8.02. The molecule has 1 aromatic heterocycles. The Morgan fingerprint density at radius 2 is 2.00 bits per heavy atom. The maximum Gasteiger partial charge on any atom is 0.331 e. The number of nitrogens with two attached hydrogens (primary N) is 1. The molecule has 2 amide bonds. The molecule has 3 aromatic rings. The third-order valence-corrected chi connectivity index (χ3v) is 4.79. The molecule has 112 valence electrons. The summed E-state index contributed by atoms with van der Waals surface area (Å²) in [4.78, 5) is 15.7. The lowest BCUT2D eigenvalue weighted by Crippen LogP contribution is -2.26. The maximum absolute atomic E-state index is 11.3. The van der Waals surface area contributed by atoms with Gasteiger partial charge in [0, 0.05) is 5.56 Å². The Bertz CT molecular complexity index is 833. The van der Waals surface area contributed by atoms with E-state index in [9.17, 15) is 4.79 Å². The minimum absolute atomic E-state index is 0.410. The molecule has 2 aromatic carbocycles. The molecule has 0 aliphatic rings. The van der Waals surface area contributed by atoms with Crippen LogP contribution in [0.15, 0.2) is 42.5 Å². The molecule has 0 aliphatic heterocycles. The zero-order valence-corrected chi connectivity index (χ0v) is 13.4. The zero-order chi connectivity index (χ0) is 15.7. The van der Waals surface area contributed by atoms with Crippen LogP contribution in [0.3, 0.4) is 0 Å². The van der Waals surface area contributed by atoms with Crippen LogP contribution in [0.1, 0.15) is 0 Å². The number of methoxy groups -OCH3 is 1. The van der Waals surface area contributed by atoms with Crippen molar-refractivity contribution in [2.24, 2.45) is 5.73 Å². The molecular weight excluding hydrogens is 318 g/mol. The molecule has 0 unspecified atom stereocenters. The first-order valence-corrected chi connectivity index (χ1v) is 7.65. The number of hydrogen-bond acceptors (Lipinski definition) is 5. The Kier molecular flexibility index (Phi) is 3.91. The molecule has 2 N–H and O–H groups in total. The monoisotopic (exact) mass is 331 g/mol. The van der Waals surface area contributed by atoms with E-state index in [1.54, 1.807) is 7.11 Å². The number of fused-ring (bicyclic) bond motifs is 1. The van der Waals surface area contributed by atoms with Gasteiger partial charge < -0.3 is 10.5 Å². The van der Waals surface area contributed by atoms with Gasteiger partial charge >= 0.3 is 6.03 Å². The van der Waals surface area contributed by atoms with Crippen molar-refractivity contribution in [3.8, 4) is 16.9 Å². The van der Waals surface area contributed by atoms with E-state index < -0.39 is 6.03 Å². The van der Waals surface area contributed by atoms with Crippen LogP contribution >= 0.6 is 24.2 Å². The van der Waals surface area contributed by atoms with Crippen LogP contribution in [-0.4, -0.2) is 18.1 Å². The molecule has 0 fully saturated rings. The predicted octanol–water partition coefficient (Wildman–Crippen LogP) is 3.70. The number of carbonyl (C=O) groups excluding carboxylic acids is 1. The highest BCUT2D eigenvalue weighted by Crippen LogP contribution is 2.40. The standard InChI is InChI=1S/C15H13N3O2S2/c1-20-11-8-7-10(9-5-3-2-4-6-9)13-12(11)17-15(22-13)18(21)14(16)19/h2-8,21H,1H3,(H2,16,19). The number of amides is 2. The minimum Gasteiger partial charge on any atom is -0.494 e. The Morgan fingerprint density at radius 1 is 1.27 bits per heavy atom. The first-order valence-electron chi connectivity index (χ1n) is 6.43. The Morgan fingerprint density at radius 3 is 2.64 bits per heavy atom. The normalized spacial score (nSPS) is 10.6. The summed E-state index contributed by atoms with van der Waals surface area (Å²) in [6.45, 7) is 0. The predicted molar refractivity (Wildman–Crippen MR) is 92.7 cm³/mol. The molecule has 0 aliphatic carbocycles. The van der Waals surface area contributed by atoms with Crippen LogP contribution in [-0.2, 0) is 0 Å². The lowest BCUT2D eigenvalue weighted by atomic mass is 10.1. The SMILES string of the molecule is COc1ccc(-c2ccccc2)c2sc(N(S)C(N)=O)nc12. The van der Waals surface area contributed by atoms with Crippen LogP contribution in [0.4, 0.5) is 9.93 Å². The number of carbonyl (C=O) groups is 1. The van der Waals surface area contributed by atoms with E-state index in [0.717, 1.165) is 20.1 Å². The topological polar surface area (TPSA) is 68.5 Å². The van der Waals surface area contributed by atoms with Crippen LogP contribution in [0.2, 0.25) is 0 Å². The van der Waals surface area contributed by atoms with E-state index in [0.29, 0.717) is 16.4 Å². The number of nitrogens with zero attached hydrogens (tertiary/aromatic N) is 2. The fraction of sp³-hybridized carbons (Fsp3) is 0.0667. The van der Waals surface area contributed by atoms with E-state index in [1.165, 1.54) is 11.3 Å².